The van der Waals surface area contributed by atoms with E-state index in [4.69, 9.17) is 4.74 Å². The van der Waals surface area contributed by atoms with E-state index in [1.807, 2.05) is 6.08 Å². The molecule has 1 aromatic carbocycles. The first-order valence-electron chi connectivity index (χ1n) is 7.66. The van der Waals surface area contributed by atoms with Gasteiger partial charge in [0.15, 0.2) is 0 Å². The molecule has 19 heavy (non-hydrogen) atoms. The summed E-state index contributed by atoms with van der Waals surface area (Å²) < 4.78 is 5.36. The topological polar surface area (TPSA) is 9.23 Å². The third kappa shape index (κ3) is 9.49. The molecule has 0 saturated heterocycles. The van der Waals surface area contributed by atoms with Crippen LogP contribution in [0.1, 0.15) is 50.5 Å². The second kappa shape index (κ2) is 12.0. The van der Waals surface area contributed by atoms with Crippen LogP contribution in [0.25, 0.3) is 0 Å². The molecule has 1 heteroatoms. The van der Waals surface area contributed by atoms with Crippen LogP contribution in [0.2, 0.25) is 0 Å². The first-order valence-corrected chi connectivity index (χ1v) is 7.66. The molecule has 0 aliphatic rings. The first-order chi connectivity index (χ1) is 9.43. The molecule has 0 spiro atoms. The van der Waals surface area contributed by atoms with Gasteiger partial charge in [0.2, 0.25) is 0 Å². The fraction of sp³-hybridized carbons (Fsp3) is 0.556. The molecule has 0 N–H and O–H groups in total. The first kappa shape index (κ1) is 16.0. The number of aryl methyl sites for hydroxylation is 1. The van der Waals surface area contributed by atoms with Gasteiger partial charge >= 0.3 is 0 Å². The molecular weight excluding hydrogens is 232 g/mol. The van der Waals surface area contributed by atoms with Crippen molar-refractivity contribution in [1.82, 2.24) is 0 Å². The van der Waals surface area contributed by atoms with Crippen molar-refractivity contribution in [2.75, 3.05) is 13.2 Å². The summed E-state index contributed by atoms with van der Waals surface area (Å²) in [7, 11) is 0. The summed E-state index contributed by atoms with van der Waals surface area (Å²) in [6, 6.07) is 10.8. The summed E-state index contributed by atoms with van der Waals surface area (Å²) in [5.41, 5.74) is 1.47. The highest BCUT2D eigenvalue weighted by atomic mass is 16.5. The average Bonchev–Trinajstić information content (AvgIpc) is 2.46. The molecule has 1 rings (SSSR count). The number of ether oxygens (including phenoxy) is 1. The minimum atomic E-state index is 0.694. The van der Waals surface area contributed by atoms with Gasteiger partial charge in [-0.05, 0) is 24.8 Å². The van der Waals surface area contributed by atoms with Crippen LogP contribution in [-0.2, 0) is 11.2 Å². The van der Waals surface area contributed by atoms with Crippen LogP contribution in [0, 0.1) is 0 Å². The maximum Gasteiger partial charge on any atom is 0.0644 e. The van der Waals surface area contributed by atoms with Crippen molar-refractivity contribution in [1.29, 1.82) is 0 Å². The largest absolute Gasteiger partial charge is 0.377 e. The van der Waals surface area contributed by atoms with Gasteiger partial charge in [-0.3, -0.25) is 0 Å². The molecule has 0 amide bonds. The minimum absolute atomic E-state index is 0.694. The third-order valence-electron chi connectivity index (χ3n) is 3.33. The van der Waals surface area contributed by atoms with E-state index in [-0.39, 0.29) is 0 Å². The predicted octanol–water partition coefficient (Wildman–Crippen LogP) is 5.16. The van der Waals surface area contributed by atoms with Crippen molar-refractivity contribution in [3.63, 3.8) is 0 Å². The molecule has 0 aliphatic carbocycles. The lowest BCUT2D eigenvalue weighted by molar-refractivity contribution is 0.157. The fourth-order valence-corrected chi connectivity index (χ4v) is 2.23. The molecule has 0 fully saturated rings. The highest BCUT2D eigenvalue weighted by Gasteiger charge is 1.94. The van der Waals surface area contributed by atoms with Crippen LogP contribution in [0.5, 0.6) is 0 Å². The molecule has 0 aliphatic heterocycles. The van der Waals surface area contributed by atoms with E-state index < -0.39 is 0 Å². The van der Waals surface area contributed by atoms with Crippen LogP contribution in [-0.4, -0.2) is 13.2 Å². The molecule has 0 bridgehead atoms. The molecule has 0 atom stereocenters. The van der Waals surface area contributed by atoms with Gasteiger partial charge in [-0.2, -0.15) is 0 Å². The Kier molecular flexibility index (Phi) is 10.1. The van der Waals surface area contributed by atoms with E-state index >= 15 is 0 Å². The zero-order chi connectivity index (χ0) is 13.6. The van der Waals surface area contributed by atoms with Crippen LogP contribution >= 0.6 is 0 Å². The summed E-state index contributed by atoms with van der Waals surface area (Å²) in [5.74, 6) is 0. The second-order valence-corrected chi connectivity index (χ2v) is 5.07. The van der Waals surface area contributed by atoms with Crippen molar-refractivity contribution in [2.45, 2.75) is 51.4 Å². The Morgan fingerprint density at radius 1 is 0.842 bits per heavy atom. The van der Waals surface area contributed by atoms with E-state index in [0.29, 0.717) is 6.61 Å². The van der Waals surface area contributed by atoms with Crippen LogP contribution < -0.4 is 0 Å². The Balaban J connectivity index is 1.80. The van der Waals surface area contributed by atoms with Gasteiger partial charge in [0.1, 0.15) is 0 Å². The number of hydrogen-bond acceptors (Lipinski definition) is 1. The van der Waals surface area contributed by atoms with E-state index in [1.165, 1.54) is 56.9 Å². The number of unbranched alkanes of at least 4 members (excludes halogenated alkanes) is 6. The number of benzene rings is 1. The maximum atomic E-state index is 5.36. The van der Waals surface area contributed by atoms with Gasteiger partial charge in [0.25, 0.3) is 0 Å². The SMILES string of the molecule is C=CCOCCCCCCCCCc1ccccc1. The lowest BCUT2D eigenvalue weighted by Gasteiger charge is -2.03. The smallest absolute Gasteiger partial charge is 0.0644 e. The monoisotopic (exact) mass is 260 g/mol. The lowest BCUT2D eigenvalue weighted by Crippen LogP contribution is -1.93. The quantitative estimate of drug-likeness (QED) is 0.372. The van der Waals surface area contributed by atoms with E-state index in [2.05, 4.69) is 36.9 Å². The standard InChI is InChI=1S/C18H28O/c1-2-16-19-17-12-7-5-3-4-6-9-13-18-14-10-8-11-15-18/h2,8,10-11,14-15H,1,3-7,9,12-13,16-17H2. The zero-order valence-electron chi connectivity index (χ0n) is 12.2. The molecule has 1 aromatic rings. The van der Waals surface area contributed by atoms with Crippen LogP contribution in [0.15, 0.2) is 43.0 Å². The molecule has 1 nitrogen and oxygen atoms in total. The van der Waals surface area contributed by atoms with Crippen LogP contribution in [0.3, 0.4) is 0 Å². The van der Waals surface area contributed by atoms with Gasteiger partial charge < -0.3 is 4.74 Å². The molecule has 0 radical (unpaired) electrons. The molecule has 0 aromatic heterocycles. The Labute approximate surface area is 118 Å². The fourth-order valence-electron chi connectivity index (χ4n) is 2.23. The maximum absolute atomic E-state index is 5.36. The van der Waals surface area contributed by atoms with E-state index in [0.717, 1.165) is 6.61 Å². The van der Waals surface area contributed by atoms with Crippen molar-refractivity contribution < 1.29 is 4.74 Å². The Bertz CT molecular complexity index is 305. The highest BCUT2D eigenvalue weighted by molar-refractivity contribution is 5.14. The third-order valence-corrected chi connectivity index (χ3v) is 3.33. The van der Waals surface area contributed by atoms with Crippen molar-refractivity contribution in [3.05, 3.63) is 48.6 Å². The summed E-state index contributed by atoms with van der Waals surface area (Å²) >= 11 is 0. The molecule has 106 valence electrons. The lowest BCUT2D eigenvalue weighted by atomic mass is 10.0. The number of hydrogen-bond donors (Lipinski definition) is 0. The Hall–Kier alpha value is -1.08. The zero-order valence-corrected chi connectivity index (χ0v) is 12.2. The van der Waals surface area contributed by atoms with Crippen LogP contribution in [0.4, 0.5) is 0 Å². The molecule has 0 saturated carbocycles. The van der Waals surface area contributed by atoms with Crippen molar-refractivity contribution >= 4 is 0 Å². The van der Waals surface area contributed by atoms with Gasteiger partial charge in [-0.25, -0.2) is 0 Å². The minimum Gasteiger partial charge on any atom is -0.377 e. The number of rotatable bonds is 12. The Morgan fingerprint density at radius 3 is 2.16 bits per heavy atom. The molecule has 0 heterocycles. The van der Waals surface area contributed by atoms with E-state index in [9.17, 15) is 0 Å². The second-order valence-electron chi connectivity index (χ2n) is 5.07. The van der Waals surface area contributed by atoms with Crippen molar-refractivity contribution in [2.24, 2.45) is 0 Å². The summed E-state index contributed by atoms with van der Waals surface area (Å²) in [4.78, 5) is 0. The Morgan fingerprint density at radius 2 is 1.47 bits per heavy atom. The highest BCUT2D eigenvalue weighted by Crippen LogP contribution is 2.10. The summed E-state index contributed by atoms with van der Waals surface area (Å²) in [6.45, 7) is 5.22. The van der Waals surface area contributed by atoms with E-state index in [1.54, 1.807) is 0 Å². The molecule has 0 unspecified atom stereocenters. The predicted molar refractivity (Wildman–Crippen MR) is 83.5 cm³/mol. The molecular formula is C18H28O. The average molecular weight is 260 g/mol. The van der Waals surface area contributed by atoms with Gasteiger partial charge in [-0.15, -0.1) is 6.58 Å². The summed E-state index contributed by atoms with van der Waals surface area (Å²) in [6.07, 6.45) is 12.3. The van der Waals surface area contributed by atoms with Crippen molar-refractivity contribution in [3.8, 4) is 0 Å². The van der Waals surface area contributed by atoms with Gasteiger partial charge in [-0.1, -0.05) is 68.5 Å². The summed E-state index contributed by atoms with van der Waals surface area (Å²) in [5, 5.41) is 0. The normalized spacial score (nSPS) is 10.5. The van der Waals surface area contributed by atoms with Gasteiger partial charge in [0, 0.05) is 6.61 Å². The van der Waals surface area contributed by atoms with Gasteiger partial charge in [0.05, 0.1) is 6.61 Å².